The summed E-state index contributed by atoms with van der Waals surface area (Å²) in [5.74, 6) is 1.56. The molecule has 2 fully saturated rings. The van der Waals surface area contributed by atoms with Gasteiger partial charge in [0.25, 0.3) is 0 Å². The molecule has 0 saturated heterocycles. The molecule has 5 heteroatoms. The van der Waals surface area contributed by atoms with Crippen LogP contribution in [0.1, 0.15) is 76.2 Å². The number of ketones is 1. The minimum absolute atomic E-state index is 0.0672. The van der Waals surface area contributed by atoms with Crippen molar-refractivity contribution in [3.8, 4) is 0 Å². The first kappa shape index (κ1) is 23.8. The number of anilines is 1. The Hall–Kier alpha value is -1.95. The summed E-state index contributed by atoms with van der Waals surface area (Å²) < 4.78 is 0. The summed E-state index contributed by atoms with van der Waals surface area (Å²) in [6, 6.07) is 9.01. The predicted molar refractivity (Wildman–Crippen MR) is 135 cm³/mol. The van der Waals surface area contributed by atoms with Crippen molar-refractivity contribution in [2.45, 2.75) is 76.2 Å². The third-order valence-corrected chi connectivity index (χ3v) is 9.89. The molecule has 3 N–H and O–H groups in total. The molecule has 5 rings (SSSR count). The van der Waals surface area contributed by atoms with Gasteiger partial charge in [-0.05, 0) is 104 Å². The number of hydroxylamine groups is 1. The highest BCUT2D eigenvalue weighted by molar-refractivity contribution is 5.93. The molecule has 4 aliphatic carbocycles. The summed E-state index contributed by atoms with van der Waals surface area (Å²) in [5, 5.41) is 20.1. The molecule has 1 aromatic carbocycles. The van der Waals surface area contributed by atoms with E-state index in [1.165, 1.54) is 22.4 Å². The molecule has 184 valence electrons. The third-order valence-electron chi connectivity index (χ3n) is 9.89. The van der Waals surface area contributed by atoms with E-state index in [-0.39, 0.29) is 29.3 Å². The molecule has 2 unspecified atom stereocenters. The molecule has 5 nitrogen and oxygen atoms in total. The van der Waals surface area contributed by atoms with Crippen LogP contribution in [-0.2, 0) is 4.79 Å². The molecule has 0 heterocycles. The highest BCUT2D eigenvalue weighted by Gasteiger charge is 2.62. The number of fused-ring (bicyclic) bond motifs is 4. The van der Waals surface area contributed by atoms with Crippen LogP contribution < -0.4 is 10.4 Å². The van der Waals surface area contributed by atoms with E-state index in [2.05, 4.69) is 55.7 Å². The Morgan fingerprint density at radius 1 is 1.12 bits per heavy atom. The second-order valence-electron chi connectivity index (χ2n) is 11.5. The molecule has 0 aliphatic heterocycles. The lowest BCUT2D eigenvalue weighted by molar-refractivity contribution is -0.114. The van der Waals surface area contributed by atoms with Crippen LogP contribution >= 0.6 is 0 Å². The zero-order chi connectivity index (χ0) is 24.1. The standard InChI is InChI=1S/C29H40N2O3/c1-28-18-25(19-5-8-21(9-6-19)31(2)3)27-23-12-10-22(33)17-20(23)7-11-24(27)26(28)13-15-29(28,30-34)14-4-16-32/h5-6,8-9,17,24-26,30,32,34H,4,7,10-16,18H2,1-3H3/t24-,25?,26-,28-,29?/m0/s1. The van der Waals surface area contributed by atoms with Crippen molar-refractivity contribution < 1.29 is 15.1 Å². The summed E-state index contributed by atoms with van der Waals surface area (Å²) in [6.45, 7) is 2.55. The Bertz CT molecular complexity index is 1010. The fraction of sp³-hybridized carbons (Fsp3) is 0.621. The molecule has 2 saturated carbocycles. The fourth-order valence-electron chi connectivity index (χ4n) is 8.11. The zero-order valence-corrected chi connectivity index (χ0v) is 20.9. The maximum absolute atomic E-state index is 12.2. The zero-order valence-electron chi connectivity index (χ0n) is 20.9. The number of aliphatic hydroxyl groups excluding tert-OH is 1. The van der Waals surface area contributed by atoms with Gasteiger partial charge in [-0.25, -0.2) is 0 Å². The van der Waals surface area contributed by atoms with Gasteiger partial charge in [-0.15, -0.1) is 0 Å². The van der Waals surface area contributed by atoms with Crippen molar-refractivity contribution in [2.24, 2.45) is 17.3 Å². The Morgan fingerprint density at radius 2 is 1.88 bits per heavy atom. The lowest BCUT2D eigenvalue weighted by Gasteiger charge is -2.56. The van der Waals surface area contributed by atoms with E-state index in [1.807, 2.05) is 6.08 Å². The van der Waals surface area contributed by atoms with E-state index in [1.54, 1.807) is 5.57 Å². The molecular formula is C29H40N2O3. The summed E-state index contributed by atoms with van der Waals surface area (Å²) in [4.78, 5) is 14.4. The molecular weight excluding hydrogens is 424 g/mol. The molecule has 34 heavy (non-hydrogen) atoms. The largest absolute Gasteiger partial charge is 0.396 e. The summed E-state index contributed by atoms with van der Waals surface area (Å²) in [6.07, 6.45) is 10.0. The molecule has 0 bridgehead atoms. The second-order valence-corrected chi connectivity index (χ2v) is 11.5. The van der Waals surface area contributed by atoms with Crippen molar-refractivity contribution in [2.75, 3.05) is 25.6 Å². The van der Waals surface area contributed by atoms with Crippen LogP contribution in [0.2, 0.25) is 0 Å². The van der Waals surface area contributed by atoms with E-state index in [9.17, 15) is 15.1 Å². The lowest BCUT2D eigenvalue weighted by Crippen LogP contribution is -2.58. The van der Waals surface area contributed by atoms with Gasteiger partial charge in [-0.1, -0.05) is 24.6 Å². The van der Waals surface area contributed by atoms with E-state index >= 15 is 0 Å². The predicted octanol–water partition coefficient (Wildman–Crippen LogP) is 5.14. The van der Waals surface area contributed by atoms with Crippen LogP contribution in [0.4, 0.5) is 5.69 Å². The monoisotopic (exact) mass is 464 g/mol. The van der Waals surface area contributed by atoms with E-state index in [0.717, 1.165) is 44.9 Å². The van der Waals surface area contributed by atoms with Gasteiger partial charge in [0.15, 0.2) is 5.78 Å². The lowest BCUT2D eigenvalue weighted by atomic mass is 9.50. The Labute approximate surface area is 203 Å². The molecule has 0 radical (unpaired) electrons. The Kier molecular flexibility index (Phi) is 6.24. The maximum atomic E-state index is 12.2. The number of hydrogen-bond acceptors (Lipinski definition) is 5. The number of allylic oxidation sites excluding steroid dienone is 4. The average molecular weight is 465 g/mol. The van der Waals surface area contributed by atoms with Gasteiger partial charge in [0.2, 0.25) is 0 Å². The normalized spacial score (nSPS) is 34.9. The van der Waals surface area contributed by atoms with Gasteiger partial charge in [-0.3, -0.25) is 4.79 Å². The van der Waals surface area contributed by atoms with Crippen LogP contribution in [-0.4, -0.2) is 42.3 Å². The highest BCUT2D eigenvalue weighted by atomic mass is 16.5. The van der Waals surface area contributed by atoms with Crippen LogP contribution in [0.25, 0.3) is 0 Å². The Balaban J connectivity index is 1.64. The van der Waals surface area contributed by atoms with Crippen molar-refractivity contribution in [1.82, 2.24) is 5.48 Å². The third kappa shape index (κ3) is 3.59. The fourth-order valence-corrected chi connectivity index (χ4v) is 8.11. The number of aliphatic hydroxyl groups is 1. The topological polar surface area (TPSA) is 72.8 Å². The van der Waals surface area contributed by atoms with Crippen LogP contribution in [0.5, 0.6) is 0 Å². The second kappa shape index (κ2) is 8.92. The molecule has 5 atom stereocenters. The van der Waals surface area contributed by atoms with Crippen molar-refractivity contribution in [3.05, 3.63) is 52.6 Å². The van der Waals surface area contributed by atoms with Gasteiger partial charge in [0, 0.05) is 44.3 Å². The minimum Gasteiger partial charge on any atom is -0.396 e. The number of nitrogens with zero attached hydrogens (tertiary/aromatic N) is 1. The van der Waals surface area contributed by atoms with Crippen molar-refractivity contribution in [1.29, 1.82) is 0 Å². The number of rotatable bonds is 6. The van der Waals surface area contributed by atoms with Gasteiger partial charge in [-0.2, -0.15) is 5.48 Å². The van der Waals surface area contributed by atoms with Crippen molar-refractivity contribution in [3.63, 3.8) is 0 Å². The first-order valence-corrected chi connectivity index (χ1v) is 13.1. The molecule has 0 spiro atoms. The van der Waals surface area contributed by atoms with Crippen LogP contribution in [0.3, 0.4) is 0 Å². The number of carbonyl (C=O) groups excluding carboxylic acids is 1. The number of hydrogen-bond donors (Lipinski definition) is 3. The quantitative estimate of drug-likeness (QED) is 0.508. The van der Waals surface area contributed by atoms with E-state index in [4.69, 9.17) is 0 Å². The number of benzene rings is 1. The smallest absolute Gasteiger partial charge is 0.156 e. The van der Waals surface area contributed by atoms with Crippen molar-refractivity contribution >= 4 is 11.5 Å². The first-order valence-electron chi connectivity index (χ1n) is 13.1. The van der Waals surface area contributed by atoms with Crippen LogP contribution in [0, 0.1) is 17.3 Å². The molecule has 4 aliphatic rings. The van der Waals surface area contributed by atoms with Gasteiger partial charge in [0.1, 0.15) is 0 Å². The van der Waals surface area contributed by atoms with Crippen LogP contribution in [0.15, 0.2) is 47.1 Å². The maximum Gasteiger partial charge on any atom is 0.156 e. The SMILES string of the molecule is CN(C)c1ccc(C2C[C@@]3(C)[C@@H](CCC3(CCCO)NO)[C@@H]3CCC4=CC(=O)CCC4=C23)cc1. The minimum atomic E-state index is -0.364. The number of carbonyl (C=O) groups is 1. The van der Waals surface area contributed by atoms with E-state index < -0.39 is 0 Å². The number of nitrogens with one attached hydrogen (secondary N) is 1. The molecule has 0 amide bonds. The summed E-state index contributed by atoms with van der Waals surface area (Å²) in [5.41, 5.74) is 9.25. The average Bonchev–Trinajstić information content (AvgIpc) is 3.14. The first-order chi connectivity index (χ1) is 16.3. The molecule has 0 aromatic heterocycles. The highest BCUT2D eigenvalue weighted by Crippen LogP contribution is 2.67. The Morgan fingerprint density at radius 3 is 2.56 bits per heavy atom. The van der Waals surface area contributed by atoms with Gasteiger partial charge < -0.3 is 15.2 Å². The molecule has 1 aromatic rings. The summed E-state index contributed by atoms with van der Waals surface area (Å²) >= 11 is 0. The van der Waals surface area contributed by atoms with Gasteiger partial charge >= 0.3 is 0 Å². The van der Waals surface area contributed by atoms with E-state index in [0.29, 0.717) is 24.7 Å². The van der Waals surface area contributed by atoms with Gasteiger partial charge in [0.05, 0.1) is 0 Å². The summed E-state index contributed by atoms with van der Waals surface area (Å²) in [7, 11) is 4.14.